The lowest BCUT2D eigenvalue weighted by Crippen LogP contribution is -2.48. The van der Waals surface area contributed by atoms with E-state index in [4.69, 9.17) is 0 Å². The number of nitrogens with one attached hydrogen (secondary N) is 2. The van der Waals surface area contributed by atoms with E-state index in [0.29, 0.717) is 62.2 Å². The number of aromatic nitrogens is 4. The molecule has 2 saturated heterocycles. The third kappa shape index (κ3) is 8.56. The van der Waals surface area contributed by atoms with Crippen LogP contribution in [0.5, 0.6) is 0 Å². The number of likely N-dealkylation sites (tertiary alicyclic amines) is 2. The van der Waals surface area contributed by atoms with Gasteiger partial charge in [-0.2, -0.15) is 0 Å². The molecule has 0 radical (unpaired) electrons. The summed E-state index contributed by atoms with van der Waals surface area (Å²) in [5.41, 5.74) is 5.17. The lowest BCUT2D eigenvalue weighted by atomic mass is 9.88. The molecule has 4 aromatic heterocycles. The highest BCUT2D eigenvalue weighted by atomic mass is 16.3. The van der Waals surface area contributed by atoms with Gasteiger partial charge in [-0.15, -0.1) is 0 Å². The molecule has 0 spiro atoms. The minimum Gasteiger partial charge on any atom is -0.396 e. The summed E-state index contributed by atoms with van der Waals surface area (Å²) in [7, 11) is 0. The largest absolute Gasteiger partial charge is 0.396 e. The van der Waals surface area contributed by atoms with E-state index in [1.807, 2.05) is 108 Å². The molecule has 2 saturated carbocycles. The van der Waals surface area contributed by atoms with Gasteiger partial charge in [0, 0.05) is 123 Å². The van der Waals surface area contributed by atoms with E-state index < -0.39 is 12.1 Å². The van der Waals surface area contributed by atoms with Crippen LogP contribution in [0.15, 0.2) is 95.1 Å². The highest BCUT2D eigenvalue weighted by molar-refractivity contribution is 5.83. The number of nitrogens with zero attached hydrogens (tertiary/aromatic N) is 6. The molecule has 4 N–H and O–H groups in total. The predicted molar refractivity (Wildman–Crippen MR) is 243 cm³/mol. The summed E-state index contributed by atoms with van der Waals surface area (Å²) in [5, 5.41) is 27.0. The van der Waals surface area contributed by atoms with E-state index in [0.717, 1.165) is 22.5 Å². The summed E-state index contributed by atoms with van der Waals surface area (Å²) >= 11 is 0. The van der Waals surface area contributed by atoms with Crippen molar-refractivity contribution in [2.24, 2.45) is 35.5 Å². The maximum atomic E-state index is 13.3. The van der Waals surface area contributed by atoms with Crippen molar-refractivity contribution < 1.29 is 19.8 Å². The zero-order valence-electron chi connectivity index (χ0n) is 36.7. The lowest BCUT2D eigenvalue weighted by molar-refractivity contribution is -0.128. The zero-order valence-corrected chi connectivity index (χ0v) is 36.7. The number of rotatable bonds is 14. The monoisotopic (exact) mass is 868 g/mol. The molecule has 336 valence electrons. The number of carbonyl (C=O) groups excluding carboxylic acids is 2. The van der Waals surface area contributed by atoms with E-state index in [1.165, 1.54) is 25.7 Å². The summed E-state index contributed by atoms with van der Waals surface area (Å²) in [5.74, 6) is 0.666. The van der Waals surface area contributed by atoms with Crippen molar-refractivity contribution >= 4 is 24.0 Å². The molecule has 8 heterocycles. The van der Waals surface area contributed by atoms with Gasteiger partial charge in [-0.3, -0.25) is 38.9 Å². The Hall–Kier alpha value is -5.54. The average Bonchev–Trinajstić information content (AvgIpc) is 4.20. The fourth-order valence-corrected chi connectivity index (χ4v) is 11.0. The summed E-state index contributed by atoms with van der Waals surface area (Å²) < 4.78 is 3.67. The highest BCUT2D eigenvalue weighted by Gasteiger charge is 2.57. The lowest BCUT2D eigenvalue weighted by Gasteiger charge is -2.30. The second-order valence-electron chi connectivity index (χ2n) is 18.5. The van der Waals surface area contributed by atoms with Crippen molar-refractivity contribution in [3.05, 3.63) is 140 Å². The number of fused-ring (bicyclic) bond motifs is 6. The maximum Gasteiger partial charge on any atom is 0.258 e. The Morgan fingerprint density at radius 1 is 0.656 bits per heavy atom. The highest BCUT2D eigenvalue weighted by Crippen LogP contribution is 2.51. The number of allylic oxidation sites excluding steroid dienone is 2. The average molecular weight is 869 g/mol. The van der Waals surface area contributed by atoms with E-state index >= 15 is 0 Å². The van der Waals surface area contributed by atoms with Gasteiger partial charge in [0.05, 0.1) is 24.2 Å². The van der Waals surface area contributed by atoms with Crippen LogP contribution in [-0.4, -0.2) is 89.3 Å². The van der Waals surface area contributed by atoms with Gasteiger partial charge >= 0.3 is 0 Å². The standard InChI is InChI=1S/2C25H30N4O3/c2*1-2-4-18-8-9-21-22-19(14-28(21)25(18)32)20(15-30)23(24(31)27-12-16-6-7-16)29(22)13-17-5-3-10-26-11-17/h2*2-5,8-11,16,19-20,22-23,30H,6-7,12-15H2,1H3,(H,27,31)/b4-2+;4-2-/t2*19-,20-,22+,23-/m00/s1. The Bertz CT molecular complexity index is 2330. The predicted octanol–water partition coefficient (Wildman–Crippen LogP) is 3.93. The van der Waals surface area contributed by atoms with Crippen LogP contribution in [0.2, 0.25) is 0 Å². The number of carbonyl (C=O) groups is 2. The second kappa shape index (κ2) is 18.9. The molecule has 4 fully saturated rings. The summed E-state index contributed by atoms with van der Waals surface area (Å²) in [4.78, 5) is 65.7. The van der Waals surface area contributed by atoms with Crippen LogP contribution in [0, 0.1) is 35.5 Å². The van der Waals surface area contributed by atoms with Crippen LogP contribution in [0.3, 0.4) is 0 Å². The first-order valence-corrected chi connectivity index (χ1v) is 23.0. The van der Waals surface area contributed by atoms with Gasteiger partial charge in [0.25, 0.3) is 11.1 Å². The molecule has 0 unspecified atom stereocenters. The number of hydrogen-bond acceptors (Lipinski definition) is 10. The molecule has 6 aliphatic rings. The van der Waals surface area contributed by atoms with Crippen LogP contribution in [0.4, 0.5) is 0 Å². The van der Waals surface area contributed by atoms with Crippen LogP contribution in [0.25, 0.3) is 12.2 Å². The summed E-state index contributed by atoms with van der Waals surface area (Å²) in [6, 6.07) is 14.5. The first-order valence-electron chi connectivity index (χ1n) is 23.0. The minimum absolute atomic E-state index is 0.00176. The molecule has 8 atom stereocenters. The Labute approximate surface area is 373 Å². The number of hydrogen-bond donors (Lipinski definition) is 4. The van der Waals surface area contributed by atoms with Crippen LogP contribution >= 0.6 is 0 Å². The fourth-order valence-electron chi connectivity index (χ4n) is 11.0. The second-order valence-corrected chi connectivity index (χ2v) is 18.5. The van der Waals surface area contributed by atoms with Crippen LogP contribution < -0.4 is 21.8 Å². The molecule has 4 aromatic rings. The summed E-state index contributed by atoms with van der Waals surface area (Å²) in [6.45, 7) is 7.14. The molecule has 0 aromatic carbocycles. The third-order valence-corrected chi connectivity index (χ3v) is 14.4. The number of amides is 2. The Morgan fingerprint density at radius 2 is 1.08 bits per heavy atom. The quantitative estimate of drug-likeness (QED) is 0.146. The Balaban J connectivity index is 0.000000162. The minimum atomic E-state index is -0.437. The van der Waals surface area contributed by atoms with Crippen molar-refractivity contribution in [2.45, 2.75) is 89.9 Å². The van der Waals surface area contributed by atoms with E-state index in [-0.39, 0.29) is 71.9 Å². The number of aliphatic hydroxyl groups excluding tert-OH is 2. The molecule has 0 bridgehead atoms. The molecule has 2 aliphatic carbocycles. The van der Waals surface area contributed by atoms with Crippen molar-refractivity contribution in [1.29, 1.82) is 0 Å². The van der Waals surface area contributed by atoms with Gasteiger partial charge in [0.15, 0.2) is 0 Å². The van der Waals surface area contributed by atoms with E-state index in [2.05, 4.69) is 30.4 Å². The van der Waals surface area contributed by atoms with Crippen LogP contribution in [-0.2, 0) is 35.8 Å². The zero-order chi connectivity index (χ0) is 44.5. The molecule has 2 amide bonds. The van der Waals surface area contributed by atoms with E-state index in [1.54, 1.807) is 12.4 Å². The Morgan fingerprint density at radius 3 is 1.42 bits per heavy atom. The van der Waals surface area contributed by atoms with Gasteiger partial charge in [-0.1, -0.05) is 36.4 Å². The van der Waals surface area contributed by atoms with Gasteiger partial charge in [-0.25, -0.2) is 0 Å². The molecular formula is C50H60N8O6. The first kappa shape index (κ1) is 43.7. The van der Waals surface area contributed by atoms with Crippen molar-refractivity contribution in [3.63, 3.8) is 0 Å². The molecule has 10 rings (SSSR count). The maximum absolute atomic E-state index is 13.3. The van der Waals surface area contributed by atoms with Crippen molar-refractivity contribution in [3.8, 4) is 0 Å². The fraction of sp³-hybridized carbons (Fsp3) is 0.480. The van der Waals surface area contributed by atoms with Crippen molar-refractivity contribution in [2.75, 3.05) is 26.3 Å². The van der Waals surface area contributed by atoms with Gasteiger partial charge in [0.1, 0.15) is 0 Å². The first-order chi connectivity index (χ1) is 31.2. The molecular weight excluding hydrogens is 809 g/mol. The van der Waals surface area contributed by atoms with Gasteiger partial charge in [0.2, 0.25) is 11.8 Å². The van der Waals surface area contributed by atoms with E-state index in [9.17, 15) is 29.4 Å². The topological polar surface area (TPSA) is 175 Å². The summed E-state index contributed by atoms with van der Waals surface area (Å²) in [6.07, 6.45) is 19.2. The molecule has 4 aliphatic heterocycles. The normalized spacial score (nSPS) is 26.9. The number of pyridine rings is 4. The van der Waals surface area contributed by atoms with Crippen LogP contribution in [0.1, 0.15) is 85.3 Å². The molecule has 14 heteroatoms. The third-order valence-electron chi connectivity index (χ3n) is 14.4. The Kier molecular flexibility index (Phi) is 12.9. The molecule has 64 heavy (non-hydrogen) atoms. The number of aliphatic hydroxyl groups is 2. The van der Waals surface area contributed by atoms with Gasteiger partial charge in [-0.05, 0) is 98.9 Å². The van der Waals surface area contributed by atoms with Crippen molar-refractivity contribution in [1.82, 2.24) is 39.5 Å². The smallest absolute Gasteiger partial charge is 0.258 e. The SMILES string of the molecule is C/C=C/c1ccc2n(c1=O)C[C@H]1[C@H](CO)[C@@H](C(=O)NCC3CC3)N(Cc3cccnc3)[C@@H]21.C/C=C\c1ccc2n(c1=O)C[C@H]1[C@H](CO)[C@@H](C(=O)NCC3CC3)N(Cc3cccnc3)[C@@H]21. The van der Waals surface area contributed by atoms with Gasteiger partial charge < -0.3 is 30.0 Å². The molecule has 14 nitrogen and oxygen atoms in total.